The molecule has 0 amide bonds. The van der Waals surface area contributed by atoms with Crippen molar-refractivity contribution in [3.05, 3.63) is 33.7 Å². The largest absolute Gasteiger partial charge is 0.334 e. The molecule has 2 nitrogen and oxygen atoms in total. The Balaban J connectivity index is 2.34. The van der Waals surface area contributed by atoms with Crippen LogP contribution in [-0.2, 0) is 4.79 Å². The molecule has 2 aliphatic heterocycles. The third-order valence-electron chi connectivity index (χ3n) is 3.24. The molecule has 0 bridgehead atoms. The molecular weight excluding hydrogens is 313 g/mol. The molecule has 1 atom stereocenters. The van der Waals surface area contributed by atoms with Gasteiger partial charge < -0.3 is 4.90 Å². The summed E-state index contributed by atoms with van der Waals surface area (Å²) >= 11 is 2.20. The Morgan fingerprint density at radius 2 is 2.19 bits per heavy atom. The third kappa shape index (κ3) is 1.65. The lowest BCUT2D eigenvalue weighted by Gasteiger charge is -2.34. The maximum absolute atomic E-state index is 12.2. The molecule has 0 spiro atoms. The van der Waals surface area contributed by atoms with Crippen LogP contribution in [0.4, 0.5) is 0 Å². The van der Waals surface area contributed by atoms with Gasteiger partial charge in [0, 0.05) is 11.9 Å². The number of unbranched alkanes of at least 4 members (excludes halogenated alkanes) is 1. The fourth-order valence-corrected chi connectivity index (χ4v) is 3.28. The molecule has 2 aliphatic rings. The van der Waals surface area contributed by atoms with Gasteiger partial charge in [-0.15, -0.1) is 0 Å². The number of hydrogen-bond acceptors (Lipinski definition) is 2. The van der Waals surface area contributed by atoms with E-state index < -0.39 is 5.54 Å². The SMILES string of the molecule is CCCCC1=C(I)C(=O)C2(C)C=CC=CN12. The molecule has 0 aromatic rings. The van der Waals surface area contributed by atoms with E-state index in [1.54, 1.807) is 0 Å². The molecule has 0 saturated carbocycles. The van der Waals surface area contributed by atoms with Crippen molar-refractivity contribution in [1.29, 1.82) is 0 Å². The van der Waals surface area contributed by atoms with E-state index in [0.29, 0.717) is 0 Å². The highest BCUT2D eigenvalue weighted by atomic mass is 127. The topological polar surface area (TPSA) is 20.3 Å². The van der Waals surface area contributed by atoms with Crippen LogP contribution in [0.5, 0.6) is 0 Å². The number of allylic oxidation sites excluding steroid dienone is 3. The highest BCUT2D eigenvalue weighted by molar-refractivity contribution is 14.1. The summed E-state index contributed by atoms with van der Waals surface area (Å²) in [5.74, 6) is 0.236. The predicted octanol–water partition coefficient (Wildman–Crippen LogP) is 3.55. The Hall–Kier alpha value is -0.580. The Morgan fingerprint density at radius 1 is 1.44 bits per heavy atom. The zero-order chi connectivity index (χ0) is 11.8. The van der Waals surface area contributed by atoms with Gasteiger partial charge in [0.1, 0.15) is 5.54 Å². The van der Waals surface area contributed by atoms with Crippen LogP contribution in [0.15, 0.2) is 33.7 Å². The second-order valence-corrected chi connectivity index (χ2v) is 5.49. The van der Waals surface area contributed by atoms with Crippen molar-refractivity contribution in [2.45, 2.75) is 38.6 Å². The Morgan fingerprint density at radius 3 is 2.88 bits per heavy atom. The molecule has 86 valence electrons. The summed E-state index contributed by atoms with van der Waals surface area (Å²) in [7, 11) is 0. The predicted molar refractivity (Wildman–Crippen MR) is 74.1 cm³/mol. The van der Waals surface area contributed by atoms with E-state index in [-0.39, 0.29) is 5.78 Å². The molecule has 0 fully saturated rings. The van der Waals surface area contributed by atoms with Crippen LogP contribution >= 0.6 is 22.6 Å². The Kier molecular flexibility index (Phi) is 3.24. The zero-order valence-electron chi connectivity index (χ0n) is 9.66. The van der Waals surface area contributed by atoms with Gasteiger partial charge in [-0.05, 0) is 48.4 Å². The molecule has 0 N–H and O–H groups in total. The Bertz CT molecular complexity index is 408. The van der Waals surface area contributed by atoms with Crippen molar-refractivity contribution >= 4 is 28.4 Å². The Labute approximate surface area is 110 Å². The first-order chi connectivity index (χ1) is 7.61. The van der Waals surface area contributed by atoms with E-state index in [9.17, 15) is 4.79 Å². The molecule has 0 aromatic heterocycles. The van der Waals surface area contributed by atoms with Crippen molar-refractivity contribution < 1.29 is 4.79 Å². The molecule has 2 heterocycles. The first-order valence-electron chi connectivity index (χ1n) is 5.70. The van der Waals surface area contributed by atoms with Crippen molar-refractivity contribution in [1.82, 2.24) is 4.90 Å². The standard InChI is InChI=1S/C13H16INO/c1-3-4-7-10-11(14)12(16)13(2)8-5-6-9-15(10)13/h5-6,8-9H,3-4,7H2,1-2H3. The van der Waals surface area contributed by atoms with Crippen LogP contribution in [0.1, 0.15) is 33.1 Å². The van der Waals surface area contributed by atoms with Crippen LogP contribution in [0.2, 0.25) is 0 Å². The van der Waals surface area contributed by atoms with Crippen molar-refractivity contribution in [2.75, 3.05) is 0 Å². The zero-order valence-corrected chi connectivity index (χ0v) is 11.8. The molecule has 3 heteroatoms. The number of hydrogen-bond donors (Lipinski definition) is 0. The summed E-state index contributed by atoms with van der Waals surface area (Å²) in [5, 5.41) is 0. The smallest absolute Gasteiger partial charge is 0.200 e. The van der Waals surface area contributed by atoms with Crippen LogP contribution in [-0.4, -0.2) is 16.2 Å². The van der Waals surface area contributed by atoms with E-state index in [0.717, 1.165) is 22.8 Å². The summed E-state index contributed by atoms with van der Waals surface area (Å²) in [6.45, 7) is 4.17. The van der Waals surface area contributed by atoms with Crippen LogP contribution < -0.4 is 0 Å². The fraction of sp³-hybridized carbons (Fsp3) is 0.462. The van der Waals surface area contributed by atoms with Crippen LogP contribution in [0.25, 0.3) is 0 Å². The normalized spacial score (nSPS) is 27.9. The lowest BCUT2D eigenvalue weighted by Crippen LogP contribution is -2.43. The second-order valence-electron chi connectivity index (χ2n) is 4.41. The summed E-state index contributed by atoms with van der Waals surface area (Å²) in [4.78, 5) is 14.4. The summed E-state index contributed by atoms with van der Waals surface area (Å²) in [6, 6.07) is 0. The molecule has 1 unspecified atom stereocenters. The number of carbonyl (C=O) groups is 1. The first kappa shape index (κ1) is 11.9. The van der Waals surface area contributed by atoms with Gasteiger partial charge >= 0.3 is 0 Å². The molecule has 0 aromatic carbocycles. The number of nitrogens with zero attached hydrogens (tertiary/aromatic N) is 1. The highest BCUT2D eigenvalue weighted by Crippen LogP contribution is 2.41. The van der Waals surface area contributed by atoms with Crippen LogP contribution in [0, 0.1) is 0 Å². The molecule has 0 saturated heterocycles. The first-order valence-corrected chi connectivity index (χ1v) is 6.78. The number of carbonyl (C=O) groups excluding carboxylic acids is 1. The maximum Gasteiger partial charge on any atom is 0.200 e. The minimum Gasteiger partial charge on any atom is -0.334 e. The lowest BCUT2D eigenvalue weighted by atomic mass is 9.95. The summed E-state index contributed by atoms with van der Waals surface area (Å²) < 4.78 is 0.907. The van der Waals surface area contributed by atoms with Crippen molar-refractivity contribution in [2.24, 2.45) is 0 Å². The van der Waals surface area contributed by atoms with Gasteiger partial charge in [-0.25, -0.2) is 0 Å². The van der Waals surface area contributed by atoms with Gasteiger partial charge in [-0.2, -0.15) is 0 Å². The number of fused-ring (bicyclic) bond motifs is 1. The van der Waals surface area contributed by atoms with Crippen molar-refractivity contribution in [3.8, 4) is 0 Å². The van der Waals surface area contributed by atoms with Gasteiger partial charge in [0.15, 0.2) is 5.78 Å². The van der Waals surface area contributed by atoms with E-state index in [2.05, 4.69) is 34.4 Å². The van der Waals surface area contributed by atoms with Crippen LogP contribution in [0.3, 0.4) is 0 Å². The average molecular weight is 329 g/mol. The maximum atomic E-state index is 12.2. The minimum atomic E-state index is -0.464. The van der Waals surface area contributed by atoms with E-state index >= 15 is 0 Å². The van der Waals surface area contributed by atoms with Crippen molar-refractivity contribution in [3.63, 3.8) is 0 Å². The van der Waals surface area contributed by atoms with Gasteiger partial charge in [0.2, 0.25) is 0 Å². The van der Waals surface area contributed by atoms with E-state index in [1.807, 2.05) is 31.4 Å². The number of ketones is 1. The lowest BCUT2D eigenvalue weighted by molar-refractivity contribution is -0.119. The van der Waals surface area contributed by atoms with E-state index in [4.69, 9.17) is 0 Å². The quantitative estimate of drug-likeness (QED) is 0.738. The fourth-order valence-electron chi connectivity index (χ4n) is 2.20. The number of Topliss-reactive ketones (excluding diaryl/α,β-unsaturated/α-hetero) is 1. The molecule has 0 radical (unpaired) electrons. The number of halogens is 1. The monoisotopic (exact) mass is 329 g/mol. The summed E-state index contributed by atoms with van der Waals surface area (Å²) in [5.41, 5.74) is 0.726. The van der Waals surface area contributed by atoms with Gasteiger partial charge in [-0.3, -0.25) is 4.79 Å². The third-order valence-corrected chi connectivity index (χ3v) is 4.35. The molecule has 0 aliphatic carbocycles. The minimum absolute atomic E-state index is 0.236. The van der Waals surface area contributed by atoms with Gasteiger partial charge in [0.05, 0.1) is 3.58 Å². The highest BCUT2D eigenvalue weighted by Gasteiger charge is 2.46. The number of rotatable bonds is 3. The summed E-state index contributed by atoms with van der Waals surface area (Å²) in [6.07, 6.45) is 11.3. The second kappa shape index (κ2) is 4.35. The molecule has 16 heavy (non-hydrogen) atoms. The van der Waals surface area contributed by atoms with Gasteiger partial charge in [-0.1, -0.05) is 25.5 Å². The molecule has 2 rings (SSSR count). The van der Waals surface area contributed by atoms with Gasteiger partial charge in [0.25, 0.3) is 0 Å². The molecular formula is C13H16INO. The average Bonchev–Trinajstić information content (AvgIpc) is 2.47. The van der Waals surface area contributed by atoms with E-state index in [1.165, 1.54) is 5.70 Å².